The van der Waals surface area contributed by atoms with E-state index in [4.69, 9.17) is 11.6 Å². The van der Waals surface area contributed by atoms with E-state index in [9.17, 15) is 4.89 Å². The van der Waals surface area contributed by atoms with Crippen LogP contribution in [0.1, 0.15) is 0 Å². The minimum Gasteiger partial charge on any atom is -0.212 e. The Morgan fingerprint density at radius 1 is 1.40 bits per heavy atom. The molecule has 1 fully saturated rings. The Bertz CT molecular complexity index is 125. The molecule has 0 unspecified atom stereocenters. The molecule has 0 aromatic rings. The highest BCUT2D eigenvalue weighted by atomic mass is 35.5. The molecule has 0 aliphatic carbocycles. The van der Waals surface area contributed by atoms with Crippen molar-refractivity contribution in [1.82, 2.24) is 9.34 Å². The van der Waals surface area contributed by atoms with Gasteiger partial charge in [-0.15, -0.1) is 9.34 Å². The molecule has 1 saturated heterocycles. The predicted octanol–water partition coefficient (Wildman–Crippen LogP) is 0.815. The number of hydrogen-bond donors (Lipinski definition) is 1. The van der Waals surface area contributed by atoms with Gasteiger partial charge in [-0.3, -0.25) is 0 Å². The van der Waals surface area contributed by atoms with Gasteiger partial charge in [-0.25, -0.2) is 4.89 Å². The molecule has 1 N–H and O–H groups in total. The summed E-state index contributed by atoms with van der Waals surface area (Å²) in [6, 6.07) is 0. The van der Waals surface area contributed by atoms with E-state index in [1.54, 1.807) is 0 Å². The van der Waals surface area contributed by atoms with Crippen LogP contribution in [0.2, 0.25) is 0 Å². The largest absolute Gasteiger partial charge is 0.300 e. The summed E-state index contributed by atoms with van der Waals surface area (Å²) in [5.41, 5.74) is 0.347. The molecule has 0 aromatic carbocycles. The van der Waals surface area contributed by atoms with Gasteiger partial charge in [0, 0.05) is 14.1 Å². The van der Waals surface area contributed by atoms with Gasteiger partial charge < -0.3 is 0 Å². The molecule has 0 radical (unpaired) electrons. The van der Waals surface area contributed by atoms with Crippen molar-refractivity contribution < 1.29 is 4.89 Å². The van der Waals surface area contributed by atoms with Crippen molar-refractivity contribution in [3.8, 4) is 0 Å². The Hall–Kier alpha value is 0.600. The first-order valence-corrected chi connectivity index (χ1v) is 5.58. The Labute approximate surface area is 67.1 Å². The first kappa shape index (κ1) is 8.69. The molecule has 0 amide bonds. The maximum absolute atomic E-state index is 9.87. The van der Waals surface area contributed by atoms with Crippen LogP contribution >= 0.6 is 19.4 Å². The van der Waals surface area contributed by atoms with Crippen molar-refractivity contribution in [3.63, 3.8) is 0 Å². The van der Waals surface area contributed by atoms with Crippen molar-refractivity contribution in [1.29, 1.82) is 0 Å². The number of nitrogens with zero attached hydrogens (tertiary/aromatic N) is 2. The highest BCUT2D eigenvalue weighted by Gasteiger charge is 2.50. The molecule has 10 heavy (non-hydrogen) atoms. The minimum absolute atomic E-state index is 0.347. The van der Waals surface area contributed by atoms with E-state index in [-0.39, 0.29) is 0 Å². The first-order chi connectivity index (χ1) is 4.61. The summed E-state index contributed by atoms with van der Waals surface area (Å²) in [6.45, 7) is 1.85. The molecule has 0 aromatic heterocycles. The van der Waals surface area contributed by atoms with Crippen LogP contribution < -0.4 is 0 Å². The Morgan fingerprint density at radius 3 is 2.00 bits per heavy atom. The molecule has 1 rings (SSSR count). The number of halogens is 1. The van der Waals surface area contributed by atoms with Gasteiger partial charge in [0.1, 0.15) is 0 Å². The molecule has 1 heterocycles. The van der Waals surface area contributed by atoms with E-state index < -0.39 is 7.79 Å². The summed E-state index contributed by atoms with van der Waals surface area (Å²) in [4.78, 5) is 9.87. The van der Waals surface area contributed by atoms with E-state index in [2.05, 4.69) is 0 Å². The number of alkyl halides is 1. The summed E-state index contributed by atoms with van der Waals surface area (Å²) in [5, 5.41) is 0. The van der Waals surface area contributed by atoms with Gasteiger partial charge in [0.05, 0.1) is 13.1 Å². The van der Waals surface area contributed by atoms with Crippen LogP contribution in [0.4, 0.5) is 0 Å². The molecule has 0 bridgehead atoms. The van der Waals surface area contributed by atoms with Gasteiger partial charge >= 0.3 is 7.79 Å². The second-order valence-electron chi connectivity index (χ2n) is 2.57. The van der Waals surface area contributed by atoms with Crippen molar-refractivity contribution in [3.05, 3.63) is 0 Å². The van der Waals surface area contributed by atoms with Gasteiger partial charge in [0.2, 0.25) is 0 Å². The average Bonchev–Trinajstić information content (AvgIpc) is 2.18. The second kappa shape index (κ2) is 2.92. The topological polar surface area (TPSA) is 26.7 Å². The van der Waals surface area contributed by atoms with Gasteiger partial charge in [-0.1, -0.05) is 11.6 Å². The normalized spacial score (nSPS) is 27.6. The van der Waals surface area contributed by atoms with E-state index >= 15 is 0 Å². The smallest absolute Gasteiger partial charge is 0.212 e. The lowest BCUT2D eigenvalue weighted by Gasteiger charge is -2.22. The van der Waals surface area contributed by atoms with Crippen LogP contribution in [-0.4, -0.2) is 47.0 Å². The Morgan fingerprint density at radius 2 is 1.80 bits per heavy atom. The Balaban J connectivity index is 2.70. The van der Waals surface area contributed by atoms with Crippen LogP contribution in [0.15, 0.2) is 0 Å². The summed E-state index contributed by atoms with van der Waals surface area (Å²) >= 11 is 5.65. The zero-order chi connectivity index (χ0) is 7.78. The van der Waals surface area contributed by atoms with Gasteiger partial charge in [0.25, 0.3) is 0 Å². The predicted molar refractivity (Wildman–Crippen MR) is 45.1 cm³/mol. The second-order valence-corrected chi connectivity index (χ2v) is 6.28. The van der Waals surface area contributed by atoms with Crippen LogP contribution in [0, 0.1) is 0 Å². The Kier molecular flexibility index (Phi) is 2.54. The average molecular weight is 184 g/mol. The quantitative estimate of drug-likeness (QED) is 0.482. The van der Waals surface area contributed by atoms with Crippen molar-refractivity contribution in [2.75, 3.05) is 32.8 Å². The van der Waals surface area contributed by atoms with Crippen LogP contribution in [0.25, 0.3) is 0 Å². The monoisotopic (exact) mass is 183 g/mol. The van der Waals surface area contributed by atoms with Crippen LogP contribution in [-0.2, 0) is 0 Å². The fourth-order valence-corrected chi connectivity index (χ4v) is 3.85. The maximum Gasteiger partial charge on any atom is 0.300 e. The van der Waals surface area contributed by atoms with Crippen molar-refractivity contribution in [2.24, 2.45) is 0 Å². The standard InChI is InChI=1S/C5H13ClN2OP/c1-7-3-4-8(2)10(7,9)5-6/h9H,3-5H2,1-2H3/q+1. The molecule has 60 valence electrons. The summed E-state index contributed by atoms with van der Waals surface area (Å²) < 4.78 is 3.92. The minimum atomic E-state index is -2.05. The molecule has 0 spiro atoms. The third-order valence-corrected chi connectivity index (χ3v) is 5.87. The lowest BCUT2D eigenvalue weighted by Crippen LogP contribution is -2.19. The lowest BCUT2D eigenvalue weighted by atomic mass is 10.6. The summed E-state index contributed by atoms with van der Waals surface area (Å²) in [7, 11) is 1.78. The molecule has 1 aliphatic rings. The van der Waals surface area contributed by atoms with E-state index in [0.717, 1.165) is 13.1 Å². The number of rotatable bonds is 1. The van der Waals surface area contributed by atoms with Crippen LogP contribution in [0.3, 0.4) is 0 Å². The number of hydrogen-bond acceptors (Lipinski definition) is 3. The highest BCUT2D eigenvalue weighted by Crippen LogP contribution is 2.62. The third-order valence-electron chi connectivity index (χ3n) is 2.00. The van der Waals surface area contributed by atoms with Gasteiger partial charge in [0.15, 0.2) is 5.62 Å². The zero-order valence-corrected chi connectivity index (χ0v) is 7.94. The zero-order valence-electron chi connectivity index (χ0n) is 6.29. The van der Waals surface area contributed by atoms with E-state index in [1.807, 2.05) is 23.4 Å². The molecule has 1 aliphatic heterocycles. The summed E-state index contributed by atoms with van der Waals surface area (Å²) in [5.74, 6) is 0. The highest BCUT2D eigenvalue weighted by molar-refractivity contribution is 7.67. The SMILES string of the molecule is CN1CCN(C)[P+]1(O)CCl. The van der Waals surface area contributed by atoms with Crippen LogP contribution in [0.5, 0.6) is 0 Å². The molecule has 0 saturated carbocycles. The fraction of sp³-hybridized carbons (Fsp3) is 1.00. The molecule has 5 heteroatoms. The van der Waals surface area contributed by atoms with E-state index in [0.29, 0.717) is 5.62 Å². The molecule has 3 nitrogen and oxygen atoms in total. The lowest BCUT2D eigenvalue weighted by molar-refractivity contribution is 0.468. The fourth-order valence-electron chi connectivity index (χ4n) is 1.05. The van der Waals surface area contributed by atoms with Crippen molar-refractivity contribution >= 4 is 19.4 Å². The third kappa shape index (κ3) is 1.17. The van der Waals surface area contributed by atoms with Gasteiger partial charge in [-0.2, -0.15) is 0 Å². The maximum atomic E-state index is 9.87. The van der Waals surface area contributed by atoms with E-state index in [1.165, 1.54) is 0 Å². The first-order valence-electron chi connectivity index (χ1n) is 3.21. The molecule has 0 atom stereocenters. The summed E-state index contributed by atoms with van der Waals surface area (Å²) in [6.07, 6.45) is 0. The molecular weight excluding hydrogens is 170 g/mol. The number of likely N-dealkylation sites (N-methyl/N-ethyl adjacent to an activating group) is 2. The van der Waals surface area contributed by atoms with Gasteiger partial charge in [-0.05, 0) is 0 Å². The van der Waals surface area contributed by atoms with Crippen molar-refractivity contribution in [2.45, 2.75) is 0 Å². The molecular formula is C5H13ClN2OP+.